The Morgan fingerprint density at radius 2 is 2.05 bits per heavy atom. The van der Waals surface area contributed by atoms with Crippen molar-refractivity contribution in [3.8, 4) is 0 Å². The number of nitrogens with one attached hydrogen (secondary N) is 1. The molecular formula is C14H13N3O4. The summed E-state index contributed by atoms with van der Waals surface area (Å²) < 4.78 is 0. The average molecular weight is 287 g/mol. The topological polar surface area (TPSA) is 110 Å². The van der Waals surface area contributed by atoms with Crippen LogP contribution >= 0.6 is 0 Å². The highest BCUT2D eigenvalue weighted by atomic mass is 16.2. The highest BCUT2D eigenvalue weighted by Gasteiger charge is 2.40. The summed E-state index contributed by atoms with van der Waals surface area (Å²) in [6, 6.07) is 4.06. The lowest BCUT2D eigenvalue weighted by Crippen LogP contribution is -2.52. The summed E-state index contributed by atoms with van der Waals surface area (Å²) in [7, 11) is 0. The number of piperidine rings is 1. The molecule has 1 fully saturated rings. The van der Waals surface area contributed by atoms with E-state index < -0.39 is 17.9 Å². The molecule has 0 aromatic heterocycles. The molecule has 0 spiro atoms. The highest BCUT2D eigenvalue weighted by Crippen LogP contribution is 2.29. The fraction of sp³-hybridized carbons (Fsp3) is 0.286. The molecule has 0 bridgehead atoms. The molecular weight excluding hydrogens is 274 g/mol. The molecule has 1 unspecified atom stereocenters. The summed E-state index contributed by atoms with van der Waals surface area (Å²) in [6.07, 6.45) is 0.482. The normalized spacial score (nSPS) is 21.2. The Kier molecular flexibility index (Phi) is 2.97. The lowest BCUT2D eigenvalue weighted by molar-refractivity contribution is -0.136. The maximum absolute atomic E-state index is 12.4. The Balaban J connectivity index is 1.94. The minimum Gasteiger partial charge on any atom is -0.366 e. The van der Waals surface area contributed by atoms with Crippen LogP contribution in [0.4, 0.5) is 0 Å². The number of rotatable bonds is 2. The van der Waals surface area contributed by atoms with Gasteiger partial charge in [-0.25, -0.2) is 0 Å². The zero-order chi connectivity index (χ0) is 15.1. The number of carbonyl (C=O) groups is 4. The first-order valence-corrected chi connectivity index (χ1v) is 6.55. The highest BCUT2D eigenvalue weighted by molar-refractivity contribution is 6.07. The molecule has 0 aliphatic carbocycles. The minimum absolute atomic E-state index is 0.152. The van der Waals surface area contributed by atoms with Gasteiger partial charge >= 0.3 is 0 Å². The van der Waals surface area contributed by atoms with Gasteiger partial charge in [0.05, 0.1) is 0 Å². The Morgan fingerprint density at radius 3 is 2.71 bits per heavy atom. The first-order chi connectivity index (χ1) is 9.99. The van der Waals surface area contributed by atoms with Gasteiger partial charge in [0.25, 0.3) is 5.91 Å². The molecule has 7 nitrogen and oxygen atoms in total. The summed E-state index contributed by atoms with van der Waals surface area (Å²) in [5.41, 5.74) is 6.52. The van der Waals surface area contributed by atoms with Crippen molar-refractivity contribution < 1.29 is 19.2 Å². The first kappa shape index (κ1) is 13.3. The first-order valence-electron chi connectivity index (χ1n) is 6.55. The smallest absolute Gasteiger partial charge is 0.255 e. The van der Waals surface area contributed by atoms with Crippen molar-refractivity contribution in [3.63, 3.8) is 0 Å². The van der Waals surface area contributed by atoms with Crippen molar-refractivity contribution in [2.24, 2.45) is 5.73 Å². The monoisotopic (exact) mass is 287 g/mol. The van der Waals surface area contributed by atoms with E-state index in [0.717, 1.165) is 0 Å². The van der Waals surface area contributed by atoms with Crippen molar-refractivity contribution in [1.82, 2.24) is 10.2 Å². The van der Waals surface area contributed by atoms with Crippen LogP contribution in [0.2, 0.25) is 0 Å². The van der Waals surface area contributed by atoms with E-state index in [9.17, 15) is 19.2 Å². The van der Waals surface area contributed by atoms with Crippen molar-refractivity contribution in [3.05, 3.63) is 34.9 Å². The van der Waals surface area contributed by atoms with Crippen LogP contribution in [0, 0.1) is 0 Å². The molecule has 2 aliphatic heterocycles. The average Bonchev–Trinajstić information content (AvgIpc) is 2.76. The van der Waals surface area contributed by atoms with E-state index in [1.807, 2.05) is 0 Å². The molecule has 1 atom stereocenters. The number of hydrogen-bond donors (Lipinski definition) is 2. The second-order valence-electron chi connectivity index (χ2n) is 5.10. The summed E-state index contributed by atoms with van der Waals surface area (Å²) in [4.78, 5) is 48.3. The molecule has 1 aromatic carbocycles. The Hall–Kier alpha value is -2.70. The predicted octanol–water partition coefficient (Wildman–Crippen LogP) is -0.454. The van der Waals surface area contributed by atoms with Crippen LogP contribution in [-0.2, 0) is 16.1 Å². The number of fused-ring (bicyclic) bond motifs is 1. The van der Waals surface area contributed by atoms with Crippen LogP contribution in [0.1, 0.15) is 39.1 Å². The molecule has 2 heterocycles. The van der Waals surface area contributed by atoms with Gasteiger partial charge < -0.3 is 10.6 Å². The van der Waals surface area contributed by atoms with Gasteiger partial charge in [-0.2, -0.15) is 0 Å². The van der Waals surface area contributed by atoms with Gasteiger partial charge in [-0.3, -0.25) is 24.5 Å². The van der Waals surface area contributed by atoms with Gasteiger partial charge in [0.1, 0.15) is 6.04 Å². The summed E-state index contributed by atoms with van der Waals surface area (Å²) in [5, 5.41) is 2.23. The van der Waals surface area contributed by atoms with Gasteiger partial charge in [0.2, 0.25) is 17.7 Å². The largest absolute Gasteiger partial charge is 0.366 e. The predicted molar refractivity (Wildman–Crippen MR) is 71.0 cm³/mol. The Bertz CT molecular complexity index is 683. The number of benzene rings is 1. The van der Waals surface area contributed by atoms with Crippen LogP contribution in [0.25, 0.3) is 0 Å². The molecule has 1 aromatic rings. The van der Waals surface area contributed by atoms with Crippen molar-refractivity contribution in [2.45, 2.75) is 25.4 Å². The van der Waals surface area contributed by atoms with Gasteiger partial charge in [0, 0.05) is 24.1 Å². The maximum atomic E-state index is 12.4. The minimum atomic E-state index is -0.691. The van der Waals surface area contributed by atoms with Crippen LogP contribution in [0.15, 0.2) is 18.2 Å². The fourth-order valence-electron chi connectivity index (χ4n) is 2.82. The van der Waals surface area contributed by atoms with E-state index in [0.29, 0.717) is 11.1 Å². The fourth-order valence-corrected chi connectivity index (χ4v) is 2.82. The second-order valence-corrected chi connectivity index (χ2v) is 5.10. The third-order valence-corrected chi connectivity index (χ3v) is 3.85. The number of nitrogens with zero attached hydrogens (tertiary/aromatic N) is 1. The van der Waals surface area contributed by atoms with Gasteiger partial charge in [-0.1, -0.05) is 6.07 Å². The molecule has 3 N–H and O–H groups in total. The lowest BCUT2D eigenvalue weighted by atomic mass is 10.0. The molecule has 7 heteroatoms. The molecule has 4 amide bonds. The zero-order valence-electron chi connectivity index (χ0n) is 11.1. The zero-order valence-corrected chi connectivity index (χ0v) is 11.1. The van der Waals surface area contributed by atoms with Gasteiger partial charge in [-0.15, -0.1) is 0 Å². The summed E-state index contributed by atoms with van der Waals surface area (Å²) >= 11 is 0. The lowest BCUT2D eigenvalue weighted by Gasteiger charge is -2.29. The van der Waals surface area contributed by atoms with Gasteiger partial charge in [0.15, 0.2) is 0 Å². The third-order valence-electron chi connectivity index (χ3n) is 3.85. The second kappa shape index (κ2) is 4.69. The Morgan fingerprint density at radius 1 is 1.29 bits per heavy atom. The van der Waals surface area contributed by atoms with Crippen LogP contribution < -0.4 is 11.1 Å². The molecule has 0 radical (unpaired) electrons. The standard InChI is InChI=1S/C14H13N3O4/c15-12(19)7-2-1-3-8-9(7)6-17(14(8)21)10-4-5-11(18)16-13(10)20/h1-3,10H,4-6H2,(H2,15,19)(H,16,18,20). The van der Waals surface area contributed by atoms with Crippen molar-refractivity contribution >= 4 is 23.6 Å². The number of amides is 4. The molecule has 21 heavy (non-hydrogen) atoms. The molecule has 108 valence electrons. The number of carbonyl (C=O) groups excluding carboxylic acids is 4. The van der Waals surface area contributed by atoms with Gasteiger partial charge in [-0.05, 0) is 24.1 Å². The number of nitrogens with two attached hydrogens (primary N) is 1. The van der Waals surface area contributed by atoms with E-state index in [4.69, 9.17) is 5.73 Å². The maximum Gasteiger partial charge on any atom is 0.255 e. The van der Waals surface area contributed by atoms with E-state index in [2.05, 4.69) is 5.32 Å². The van der Waals surface area contributed by atoms with Crippen LogP contribution in [0.3, 0.4) is 0 Å². The van der Waals surface area contributed by atoms with E-state index in [-0.39, 0.29) is 36.8 Å². The van der Waals surface area contributed by atoms with E-state index in [1.54, 1.807) is 18.2 Å². The SMILES string of the molecule is NC(=O)c1cccc2c1CN(C1CCC(=O)NC1=O)C2=O. The molecule has 2 aliphatic rings. The third kappa shape index (κ3) is 2.06. The summed E-state index contributed by atoms with van der Waals surface area (Å²) in [6.45, 7) is 0.152. The van der Waals surface area contributed by atoms with Crippen molar-refractivity contribution in [1.29, 1.82) is 0 Å². The molecule has 0 saturated carbocycles. The quantitative estimate of drug-likeness (QED) is 0.717. The number of primary amides is 1. The van der Waals surface area contributed by atoms with E-state index >= 15 is 0 Å². The molecule has 3 rings (SSSR count). The summed E-state index contributed by atoms with van der Waals surface area (Å²) in [5.74, 6) is -1.74. The number of imide groups is 1. The van der Waals surface area contributed by atoms with E-state index in [1.165, 1.54) is 4.90 Å². The van der Waals surface area contributed by atoms with Crippen LogP contribution in [0.5, 0.6) is 0 Å². The van der Waals surface area contributed by atoms with Crippen molar-refractivity contribution in [2.75, 3.05) is 0 Å². The Labute approximate surface area is 120 Å². The van der Waals surface area contributed by atoms with Crippen LogP contribution in [-0.4, -0.2) is 34.6 Å². The molecule has 1 saturated heterocycles. The number of hydrogen-bond acceptors (Lipinski definition) is 4.